The average molecular weight is 252 g/mol. The summed E-state index contributed by atoms with van der Waals surface area (Å²) in [5.41, 5.74) is 1.28. The lowest BCUT2D eigenvalue weighted by Crippen LogP contribution is -2.29. The Kier molecular flexibility index (Phi) is 4.19. The zero-order valence-electron chi connectivity index (χ0n) is 11.1. The molecule has 1 N–H and O–H groups in total. The second-order valence-corrected chi connectivity index (χ2v) is 5.03. The minimum absolute atomic E-state index is 0.238. The normalized spacial score (nSPS) is 19.7. The van der Waals surface area contributed by atoms with Gasteiger partial charge in [-0.15, -0.1) is 0 Å². The fraction of sp³-hybridized carbons (Fsp3) is 0.571. The molecule has 1 saturated heterocycles. The molecule has 18 heavy (non-hydrogen) atoms. The van der Waals surface area contributed by atoms with Crippen LogP contribution in [-0.2, 0) is 0 Å². The summed E-state index contributed by atoms with van der Waals surface area (Å²) < 4.78 is 14.1. The number of benzene rings is 1. The number of hydrogen-bond acceptors (Lipinski definition) is 3. The third-order valence-electron chi connectivity index (χ3n) is 3.51. The minimum Gasteiger partial charge on any atom is -0.389 e. The number of nitrogens with zero attached hydrogens (tertiary/aromatic N) is 2. The number of anilines is 1. The number of rotatable bonds is 2. The van der Waals surface area contributed by atoms with E-state index in [1.807, 2.05) is 0 Å². The molecular weight excluding hydrogens is 231 g/mol. The Labute approximate surface area is 108 Å². The van der Waals surface area contributed by atoms with Crippen molar-refractivity contribution >= 4 is 5.69 Å². The first-order valence-electron chi connectivity index (χ1n) is 6.49. The van der Waals surface area contributed by atoms with E-state index in [1.165, 1.54) is 6.07 Å². The monoisotopic (exact) mass is 252 g/mol. The second kappa shape index (κ2) is 5.67. The number of aliphatic hydroxyl groups is 1. The van der Waals surface area contributed by atoms with Crippen LogP contribution in [0.2, 0.25) is 0 Å². The summed E-state index contributed by atoms with van der Waals surface area (Å²) in [6.07, 6.45) is 0.428. The van der Waals surface area contributed by atoms with E-state index >= 15 is 0 Å². The van der Waals surface area contributed by atoms with E-state index in [0.29, 0.717) is 11.3 Å². The van der Waals surface area contributed by atoms with Gasteiger partial charge in [-0.1, -0.05) is 6.07 Å². The maximum Gasteiger partial charge on any atom is 0.146 e. The summed E-state index contributed by atoms with van der Waals surface area (Å²) in [5.74, 6) is -0.238. The third kappa shape index (κ3) is 3.00. The maximum atomic E-state index is 14.1. The molecule has 1 aliphatic heterocycles. The standard InChI is InChI=1S/C14H21FN2O/c1-11(18)12-4-5-14(13(15)10-12)17-7-3-6-16(2)8-9-17/h4-5,10-11,18H,3,6-9H2,1-2H3/t11-/m0/s1. The quantitative estimate of drug-likeness (QED) is 0.872. The Morgan fingerprint density at radius 1 is 1.22 bits per heavy atom. The lowest BCUT2D eigenvalue weighted by atomic mass is 10.1. The van der Waals surface area contributed by atoms with Gasteiger partial charge in [0.1, 0.15) is 5.82 Å². The van der Waals surface area contributed by atoms with Crippen LogP contribution in [0.25, 0.3) is 0 Å². The predicted molar refractivity (Wildman–Crippen MR) is 71.4 cm³/mol. The molecule has 0 aromatic heterocycles. The predicted octanol–water partition coefficient (Wildman–Crippen LogP) is 2.02. The van der Waals surface area contributed by atoms with E-state index in [4.69, 9.17) is 0 Å². The summed E-state index contributed by atoms with van der Waals surface area (Å²) in [6.45, 7) is 5.40. The van der Waals surface area contributed by atoms with Crippen LogP contribution in [-0.4, -0.2) is 43.2 Å². The SMILES string of the molecule is C[C@H](O)c1ccc(N2CCCN(C)CC2)c(F)c1. The van der Waals surface area contributed by atoms with E-state index in [-0.39, 0.29) is 5.82 Å². The molecule has 0 amide bonds. The average Bonchev–Trinajstić information content (AvgIpc) is 2.54. The highest BCUT2D eigenvalue weighted by Crippen LogP contribution is 2.24. The van der Waals surface area contributed by atoms with Gasteiger partial charge in [-0.3, -0.25) is 0 Å². The van der Waals surface area contributed by atoms with Crippen molar-refractivity contribution < 1.29 is 9.50 Å². The summed E-state index contributed by atoms with van der Waals surface area (Å²) in [7, 11) is 2.09. The number of halogens is 1. The van der Waals surface area contributed by atoms with Crippen LogP contribution >= 0.6 is 0 Å². The third-order valence-corrected chi connectivity index (χ3v) is 3.51. The Morgan fingerprint density at radius 3 is 2.67 bits per heavy atom. The summed E-state index contributed by atoms with van der Waals surface area (Å²) in [5, 5.41) is 9.44. The fourth-order valence-electron chi connectivity index (χ4n) is 2.33. The number of aliphatic hydroxyl groups excluding tert-OH is 1. The highest BCUT2D eigenvalue weighted by Gasteiger charge is 2.16. The van der Waals surface area contributed by atoms with Gasteiger partial charge in [0.25, 0.3) is 0 Å². The van der Waals surface area contributed by atoms with Crippen LogP contribution in [0.15, 0.2) is 18.2 Å². The molecule has 1 heterocycles. The summed E-state index contributed by atoms with van der Waals surface area (Å²) in [6, 6.07) is 5.02. The highest BCUT2D eigenvalue weighted by atomic mass is 19.1. The minimum atomic E-state index is -0.621. The van der Waals surface area contributed by atoms with Crippen molar-refractivity contribution in [3.8, 4) is 0 Å². The van der Waals surface area contributed by atoms with Crippen molar-refractivity contribution in [2.45, 2.75) is 19.4 Å². The van der Waals surface area contributed by atoms with E-state index < -0.39 is 6.10 Å². The van der Waals surface area contributed by atoms with Gasteiger partial charge in [0.2, 0.25) is 0 Å². The van der Waals surface area contributed by atoms with E-state index in [1.54, 1.807) is 19.1 Å². The second-order valence-electron chi connectivity index (χ2n) is 5.03. The number of likely N-dealkylation sites (N-methyl/N-ethyl adjacent to an activating group) is 1. The smallest absolute Gasteiger partial charge is 0.146 e. The molecule has 1 atom stereocenters. The molecule has 1 aromatic carbocycles. The van der Waals surface area contributed by atoms with Gasteiger partial charge in [-0.2, -0.15) is 0 Å². The molecule has 3 nitrogen and oxygen atoms in total. The highest BCUT2D eigenvalue weighted by molar-refractivity contribution is 5.49. The van der Waals surface area contributed by atoms with Gasteiger partial charge < -0.3 is 14.9 Å². The van der Waals surface area contributed by atoms with Crippen molar-refractivity contribution in [2.75, 3.05) is 38.1 Å². The molecule has 100 valence electrons. The molecule has 0 aliphatic carbocycles. The molecular formula is C14H21FN2O. The first-order chi connectivity index (χ1) is 8.58. The van der Waals surface area contributed by atoms with Crippen LogP contribution in [0.4, 0.5) is 10.1 Å². The molecule has 0 saturated carbocycles. The van der Waals surface area contributed by atoms with Gasteiger partial charge in [0, 0.05) is 19.6 Å². The molecule has 2 rings (SSSR count). The van der Waals surface area contributed by atoms with E-state index in [9.17, 15) is 9.50 Å². The molecule has 0 radical (unpaired) electrons. The van der Waals surface area contributed by atoms with Crippen LogP contribution in [0.5, 0.6) is 0 Å². The van der Waals surface area contributed by atoms with Gasteiger partial charge in [-0.05, 0) is 44.6 Å². The fourth-order valence-corrected chi connectivity index (χ4v) is 2.33. The van der Waals surface area contributed by atoms with Crippen molar-refractivity contribution in [3.05, 3.63) is 29.6 Å². The Hall–Kier alpha value is -1.13. The topological polar surface area (TPSA) is 26.7 Å². The zero-order chi connectivity index (χ0) is 13.1. The van der Waals surface area contributed by atoms with Crippen molar-refractivity contribution in [2.24, 2.45) is 0 Å². The molecule has 1 fully saturated rings. The lowest BCUT2D eigenvalue weighted by molar-refractivity contribution is 0.199. The molecule has 1 aliphatic rings. The van der Waals surface area contributed by atoms with Crippen LogP contribution in [0, 0.1) is 5.82 Å². The molecule has 1 aromatic rings. The van der Waals surface area contributed by atoms with Crippen molar-refractivity contribution in [1.82, 2.24) is 4.90 Å². The van der Waals surface area contributed by atoms with Gasteiger partial charge in [0.05, 0.1) is 11.8 Å². The van der Waals surface area contributed by atoms with Gasteiger partial charge in [0.15, 0.2) is 0 Å². The number of hydrogen-bond donors (Lipinski definition) is 1. The van der Waals surface area contributed by atoms with Gasteiger partial charge in [-0.25, -0.2) is 4.39 Å². The van der Waals surface area contributed by atoms with E-state index in [0.717, 1.165) is 32.6 Å². The molecule has 4 heteroatoms. The first-order valence-corrected chi connectivity index (χ1v) is 6.49. The first kappa shape index (κ1) is 13.3. The summed E-state index contributed by atoms with van der Waals surface area (Å²) >= 11 is 0. The molecule has 0 unspecified atom stereocenters. The Bertz CT molecular complexity index is 409. The molecule has 0 spiro atoms. The van der Waals surface area contributed by atoms with Crippen LogP contribution < -0.4 is 4.90 Å². The van der Waals surface area contributed by atoms with Crippen molar-refractivity contribution in [1.29, 1.82) is 0 Å². The van der Waals surface area contributed by atoms with Crippen LogP contribution in [0.1, 0.15) is 25.0 Å². The Morgan fingerprint density at radius 2 is 2.00 bits per heavy atom. The zero-order valence-corrected chi connectivity index (χ0v) is 11.1. The van der Waals surface area contributed by atoms with Gasteiger partial charge >= 0.3 is 0 Å². The van der Waals surface area contributed by atoms with E-state index in [2.05, 4.69) is 16.8 Å². The largest absolute Gasteiger partial charge is 0.389 e. The van der Waals surface area contributed by atoms with Crippen LogP contribution in [0.3, 0.4) is 0 Å². The summed E-state index contributed by atoms with van der Waals surface area (Å²) in [4.78, 5) is 4.35. The Balaban J connectivity index is 2.17. The maximum absolute atomic E-state index is 14.1. The lowest BCUT2D eigenvalue weighted by Gasteiger charge is -2.23. The van der Waals surface area contributed by atoms with Crippen molar-refractivity contribution in [3.63, 3.8) is 0 Å². The molecule has 0 bridgehead atoms.